The molecule has 0 aliphatic heterocycles. The first kappa shape index (κ1) is 28.8. The van der Waals surface area contributed by atoms with E-state index in [1.807, 2.05) is 20.2 Å². The number of carbonyl (C=O) groups excluding carboxylic acids is 1. The highest BCUT2D eigenvalue weighted by atomic mass is 35.5. The van der Waals surface area contributed by atoms with Crippen LogP contribution in [0.4, 0.5) is 14.5 Å². The number of aromatic nitrogens is 3. The first-order valence-electron chi connectivity index (χ1n) is 13.1. The van der Waals surface area contributed by atoms with Crippen LogP contribution in [0.25, 0.3) is 0 Å². The van der Waals surface area contributed by atoms with Gasteiger partial charge in [0.2, 0.25) is 5.91 Å². The Kier molecular flexibility index (Phi) is 11.1. The zero-order chi connectivity index (χ0) is 26.8. The van der Waals surface area contributed by atoms with Crippen molar-refractivity contribution in [3.05, 3.63) is 76.6 Å². The lowest BCUT2D eigenvalue weighted by molar-refractivity contribution is -0.117. The first-order valence-corrected chi connectivity index (χ1v) is 13.5. The lowest BCUT2D eigenvalue weighted by Gasteiger charge is -2.32. The van der Waals surface area contributed by atoms with Crippen molar-refractivity contribution in [1.29, 1.82) is 0 Å². The highest BCUT2D eigenvalue weighted by Gasteiger charge is 2.25. The molecule has 1 atom stereocenters. The Hall–Kier alpha value is -2.80. The summed E-state index contributed by atoms with van der Waals surface area (Å²) in [5, 5.41) is 8.63. The molecule has 37 heavy (non-hydrogen) atoms. The van der Waals surface area contributed by atoms with Crippen molar-refractivity contribution in [3.63, 3.8) is 0 Å². The Balaban J connectivity index is 0.000000244. The van der Waals surface area contributed by atoms with Gasteiger partial charge in [0.1, 0.15) is 11.6 Å². The molecule has 0 N–H and O–H groups in total. The van der Waals surface area contributed by atoms with E-state index < -0.39 is 17.7 Å². The van der Waals surface area contributed by atoms with E-state index in [1.54, 1.807) is 33.8 Å². The van der Waals surface area contributed by atoms with E-state index >= 15 is 0 Å². The van der Waals surface area contributed by atoms with Gasteiger partial charge < -0.3 is 4.90 Å². The van der Waals surface area contributed by atoms with Crippen LogP contribution >= 0.6 is 11.6 Å². The summed E-state index contributed by atoms with van der Waals surface area (Å²) in [7, 11) is 1.93. The van der Waals surface area contributed by atoms with Crippen LogP contribution in [0.15, 0.2) is 48.7 Å². The second-order valence-corrected chi connectivity index (χ2v) is 10.3. The van der Waals surface area contributed by atoms with Crippen molar-refractivity contribution >= 4 is 23.2 Å². The standard InChI is InChI=1S/C19H20ClF2NO.C10H17N3/c1-3-4-5-19(14-10-16(21)12-17(22)11-14)23(13(2)24)18-8-6-15(20)7-9-18;1-13-8-10(11-12-13)7-9-5-3-2-4-6-9/h6-12,19H,3-5H2,1-2H3;8-9H,2-7H2,1H3/t19-;/m1./s1. The van der Waals surface area contributed by atoms with Gasteiger partial charge in [-0.2, -0.15) is 0 Å². The molecule has 0 bridgehead atoms. The number of hydrogen-bond acceptors (Lipinski definition) is 3. The fourth-order valence-corrected chi connectivity index (χ4v) is 5.09. The molecule has 1 amide bonds. The maximum atomic E-state index is 13.7. The molecule has 1 aromatic heterocycles. The predicted octanol–water partition coefficient (Wildman–Crippen LogP) is 7.84. The quantitative estimate of drug-likeness (QED) is 0.298. The van der Waals surface area contributed by atoms with Crippen molar-refractivity contribution < 1.29 is 13.6 Å². The normalized spacial score (nSPS) is 14.5. The molecule has 0 radical (unpaired) electrons. The SMILES string of the molecule is CCCC[C@H](c1cc(F)cc(F)c1)N(C(C)=O)c1ccc(Cl)cc1.Cn1cc(CC2CCCCC2)nn1. The lowest BCUT2D eigenvalue weighted by Crippen LogP contribution is -2.33. The summed E-state index contributed by atoms with van der Waals surface area (Å²) in [5.41, 5.74) is 2.26. The molecule has 4 rings (SSSR count). The maximum absolute atomic E-state index is 13.7. The summed E-state index contributed by atoms with van der Waals surface area (Å²) in [6, 6.07) is 9.82. The zero-order valence-corrected chi connectivity index (χ0v) is 22.7. The smallest absolute Gasteiger partial charge is 0.224 e. The number of amides is 1. The number of rotatable bonds is 8. The van der Waals surface area contributed by atoms with Gasteiger partial charge in [-0.25, -0.2) is 8.78 Å². The minimum Gasteiger partial charge on any atom is -0.305 e. The second kappa shape index (κ2) is 14.2. The molecule has 1 aliphatic rings. The summed E-state index contributed by atoms with van der Waals surface area (Å²) >= 11 is 5.92. The third kappa shape index (κ3) is 8.92. The summed E-state index contributed by atoms with van der Waals surface area (Å²) in [6.07, 6.45) is 12.5. The molecule has 3 aromatic rings. The van der Waals surface area contributed by atoms with Crippen molar-refractivity contribution in [2.24, 2.45) is 13.0 Å². The van der Waals surface area contributed by atoms with Crippen LogP contribution in [-0.2, 0) is 18.3 Å². The van der Waals surface area contributed by atoms with Crippen LogP contribution in [0.3, 0.4) is 0 Å². The highest BCUT2D eigenvalue weighted by Crippen LogP contribution is 2.33. The second-order valence-electron chi connectivity index (χ2n) is 9.82. The number of anilines is 1. The number of nitrogens with zero attached hydrogens (tertiary/aromatic N) is 4. The van der Waals surface area contributed by atoms with E-state index in [2.05, 4.69) is 10.3 Å². The average Bonchev–Trinajstić information content (AvgIpc) is 3.27. The molecule has 200 valence electrons. The maximum Gasteiger partial charge on any atom is 0.224 e. The summed E-state index contributed by atoms with van der Waals surface area (Å²) < 4.78 is 29.1. The molecular weight excluding hydrogens is 494 g/mol. The van der Waals surface area contributed by atoms with Gasteiger partial charge in [-0.3, -0.25) is 9.48 Å². The topological polar surface area (TPSA) is 51.0 Å². The minimum atomic E-state index is -0.647. The Morgan fingerprint density at radius 3 is 2.30 bits per heavy atom. The van der Waals surface area contributed by atoms with Crippen molar-refractivity contribution in [1.82, 2.24) is 15.0 Å². The van der Waals surface area contributed by atoms with E-state index in [4.69, 9.17) is 11.6 Å². The van der Waals surface area contributed by atoms with E-state index in [1.165, 1.54) is 51.2 Å². The van der Waals surface area contributed by atoms with Crippen molar-refractivity contribution in [2.45, 2.75) is 77.7 Å². The van der Waals surface area contributed by atoms with Gasteiger partial charge in [-0.15, -0.1) is 5.10 Å². The molecule has 8 heteroatoms. The Morgan fingerprint density at radius 2 is 1.76 bits per heavy atom. The Labute approximate surface area is 223 Å². The van der Waals surface area contributed by atoms with Gasteiger partial charge in [0.25, 0.3) is 0 Å². The fraction of sp³-hybridized carbons (Fsp3) is 0.483. The molecule has 5 nitrogen and oxygen atoms in total. The van der Waals surface area contributed by atoms with Gasteiger partial charge in [0, 0.05) is 36.9 Å². The van der Waals surface area contributed by atoms with Crippen LogP contribution in [0, 0.1) is 17.6 Å². The summed E-state index contributed by atoms with van der Waals surface area (Å²) in [5.74, 6) is -0.620. The Morgan fingerprint density at radius 1 is 1.11 bits per heavy atom. The average molecular weight is 531 g/mol. The molecule has 1 fully saturated rings. The third-order valence-electron chi connectivity index (χ3n) is 6.73. The van der Waals surface area contributed by atoms with Crippen LogP contribution in [0.1, 0.15) is 82.5 Å². The third-order valence-corrected chi connectivity index (χ3v) is 6.98. The molecule has 0 unspecified atom stereocenters. The first-order chi connectivity index (χ1) is 17.8. The molecule has 1 saturated carbocycles. The van der Waals surface area contributed by atoms with Gasteiger partial charge in [0.15, 0.2) is 0 Å². The minimum absolute atomic E-state index is 0.192. The number of hydrogen-bond donors (Lipinski definition) is 0. The van der Waals surface area contributed by atoms with Crippen LogP contribution in [0.2, 0.25) is 5.02 Å². The number of aryl methyl sites for hydroxylation is 1. The van der Waals surface area contributed by atoms with Gasteiger partial charge >= 0.3 is 0 Å². The van der Waals surface area contributed by atoms with E-state index in [-0.39, 0.29) is 5.91 Å². The van der Waals surface area contributed by atoms with Crippen LogP contribution in [-0.4, -0.2) is 20.9 Å². The molecule has 2 aromatic carbocycles. The number of unbranched alkanes of at least 4 members (excludes halogenated alkanes) is 1. The van der Waals surface area contributed by atoms with E-state index in [0.29, 0.717) is 22.7 Å². The van der Waals surface area contributed by atoms with Crippen LogP contribution < -0.4 is 4.90 Å². The van der Waals surface area contributed by atoms with Gasteiger partial charge in [-0.05, 0) is 60.7 Å². The fourth-order valence-electron chi connectivity index (χ4n) is 4.97. The molecular formula is C29H37ClF2N4O. The zero-order valence-electron chi connectivity index (χ0n) is 22.0. The summed E-state index contributed by atoms with van der Waals surface area (Å²) in [4.78, 5) is 13.9. The highest BCUT2D eigenvalue weighted by molar-refractivity contribution is 6.30. The summed E-state index contributed by atoms with van der Waals surface area (Å²) in [6.45, 7) is 3.48. The molecule has 0 spiro atoms. The largest absolute Gasteiger partial charge is 0.305 e. The monoisotopic (exact) mass is 530 g/mol. The number of carbonyl (C=O) groups is 1. The van der Waals surface area contributed by atoms with E-state index in [0.717, 1.165) is 36.9 Å². The van der Waals surface area contributed by atoms with Gasteiger partial charge in [-0.1, -0.05) is 68.7 Å². The van der Waals surface area contributed by atoms with E-state index in [9.17, 15) is 13.6 Å². The van der Waals surface area contributed by atoms with Gasteiger partial charge in [0.05, 0.1) is 11.7 Å². The number of benzene rings is 2. The predicted molar refractivity (Wildman–Crippen MR) is 145 cm³/mol. The lowest BCUT2D eigenvalue weighted by atomic mass is 9.86. The number of halogens is 3. The Bertz CT molecular complexity index is 1110. The van der Waals surface area contributed by atoms with Crippen LogP contribution in [0.5, 0.6) is 0 Å². The van der Waals surface area contributed by atoms with Crippen molar-refractivity contribution in [2.75, 3.05) is 4.90 Å². The van der Waals surface area contributed by atoms with Crippen molar-refractivity contribution in [3.8, 4) is 0 Å². The molecule has 1 aliphatic carbocycles. The molecule has 0 saturated heterocycles. The molecule has 1 heterocycles.